The molecule has 0 bridgehead atoms. The molecule has 8 heteroatoms. The number of nitrogens with two attached hydrogens (primary N) is 1. The number of carboxylic acid groups (broad SMARTS) is 1. The van der Waals surface area contributed by atoms with Crippen molar-refractivity contribution >= 4 is 21.9 Å². The summed E-state index contributed by atoms with van der Waals surface area (Å²) in [7, 11) is -3.71. The Morgan fingerprint density at radius 2 is 1.83 bits per heavy atom. The van der Waals surface area contributed by atoms with E-state index in [1.165, 1.54) is 0 Å². The van der Waals surface area contributed by atoms with E-state index in [0.29, 0.717) is 0 Å². The summed E-state index contributed by atoms with van der Waals surface area (Å²) in [5.41, 5.74) is 4.41. The zero-order chi connectivity index (χ0) is 14.6. The molecule has 1 amide bonds. The number of rotatable bonds is 7. The number of carboxylic acids is 1. The summed E-state index contributed by atoms with van der Waals surface area (Å²) in [6.45, 7) is 5.18. The molecule has 0 spiro atoms. The van der Waals surface area contributed by atoms with Gasteiger partial charge in [0.2, 0.25) is 15.9 Å². The summed E-state index contributed by atoms with van der Waals surface area (Å²) in [6.07, 6.45) is -0.344. The molecular formula is C10H20N2O5S. The van der Waals surface area contributed by atoms with Crippen molar-refractivity contribution in [3.8, 4) is 0 Å². The van der Waals surface area contributed by atoms with Gasteiger partial charge in [0.05, 0.1) is 5.75 Å². The van der Waals surface area contributed by atoms with Gasteiger partial charge in [0.25, 0.3) is 0 Å². The van der Waals surface area contributed by atoms with Gasteiger partial charge < -0.3 is 10.8 Å². The van der Waals surface area contributed by atoms with E-state index in [0.717, 1.165) is 0 Å². The Morgan fingerprint density at radius 3 is 2.17 bits per heavy atom. The second-order valence-corrected chi connectivity index (χ2v) is 7.09. The summed E-state index contributed by atoms with van der Waals surface area (Å²) in [4.78, 5) is 21.4. The normalized spacial score (nSPS) is 14.2. The van der Waals surface area contributed by atoms with E-state index in [4.69, 9.17) is 10.8 Å². The summed E-state index contributed by atoms with van der Waals surface area (Å²) in [6, 6.07) is -1.33. The summed E-state index contributed by atoms with van der Waals surface area (Å²) in [5.74, 6) is -2.19. The lowest BCUT2D eigenvalue weighted by Crippen LogP contribution is -2.44. The number of carbonyl (C=O) groups excluding carboxylic acids is 1. The Kier molecular flexibility index (Phi) is 5.75. The van der Waals surface area contributed by atoms with Crippen LogP contribution in [0.2, 0.25) is 0 Å². The van der Waals surface area contributed by atoms with Crippen LogP contribution in [0.3, 0.4) is 0 Å². The molecule has 106 valence electrons. The van der Waals surface area contributed by atoms with Crippen LogP contribution in [0.25, 0.3) is 0 Å². The third-order valence-corrected chi connectivity index (χ3v) is 3.81. The van der Waals surface area contributed by atoms with Gasteiger partial charge >= 0.3 is 5.97 Å². The number of nitrogens with one attached hydrogen (secondary N) is 1. The van der Waals surface area contributed by atoms with Gasteiger partial charge in [-0.15, -0.1) is 0 Å². The fourth-order valence-electron chi connectivity index (χ4n) is 1.35. The minimum atomic E-state index is -3.71. The molecule has 0 radical (unpaired) electrons. The Balaban J connectivity index is 4.68. The number of carbonyl (C=O) groups is 2. The van der Waals surface area contributed by atoms with Gasteiger partial charge in [-0.1, -0.05) is 20.8 Å². The van der Waals surface area contributed by atoms with Gasteiger partial charge in [-0.25, -0.2) is 13.1 Å². The molecule has 1 unspecified atom stereocenters. The standard InChI is InChI=1S/C10H20N2O5S/c1-10(2,3)6-18(16,17)12-7(9(14)15)4-5-8(11)13/h7,12H,4-6H2,1-3H3,(H2,11,13)(H,14,15). The Labute approximate surface area is 107 Å². The molecule has 0 aromatic rings. The van der Waals surface area contributed by atoms with Crippen molar-refractivity contribution in [3.63, 3.8) is 0 Å². The van der Waals surface area contributed by atoms with Crippen LogP contribution in [-0.4, -0.2) is 37.2 Å². The van der Waals surface area contributed by atoms with Gasteiger partial charge in [0.1, 0.15) is 6.04 Å². The molecule has 0 aliphatic carbocycles. The number of hydrogen-bond donors (Lipinski definition) is 3. The van der Waals surface area contributed by atoms with Crippen molar-refractivity contribution in [3.05, 3.63) is 0 Å². The molecule has 18 heavy (non-hydrogen) atoms. The Morgan fingerprint density at radius 1 is 1.33 bits per heavy atom. The lowest BCUT2D eigenvalue weighted by Gasteiger charge is -2.20. The minimum absolute atomic E-state index is 0.159. The number of aliphatic carboxylic acids is 1. The molecule has 1 atom stereocenters. The molecule has 0 heterocycles. The summed E-state index contributed by atoms with van der Waals surface area (Å²) < 4.78 is 25.5. The first kappa shape index (κ1) is 16.9. The highest BCUT2D eigenvalue weighted by atomic mass is 32.2. The molecule has 0 aromatic carbocycles. The monoisotopic (exact) mass is 280 g/mol. The number of primary amides is 1. The van der Waals surface area contributed by atoms with Crippen LogP contribution in [-0.2, 0) is 19.6 Å². The third-order valence-electron chi connectivity index (χ3n) is 1.92. The van der Waals surface area contributed by atoms with E-state index in [1.807, 2.05) is 0 Å². The second kappa shape index (κ2) is 6.14. The first-order valence-corrected chi connectivity index (χ1v) is 7.09. The molecule has 4 N–H and O–H groups in total. The molecule has 0 aromatic heterocycles. The van der Waals surface area contributed by atoms with Gasteiger partial charge in [-0.05, 0) is 11.8 Å². The van der Waals surface area contributed by atoms with Crippen LogP contribution in [0.5, 0.6) is 0 Å². The van der Waals surface area contributed by atoms with Crippen molar-refractivity contribution in [1.82, 2.24) is 4.72 Å². The Bertz CT molecular complexity index is 410. The SMILES string of the molecule is CC(C)(C)CS(=O)(=O)NC(CCC(N)=O)C(=O)O. The first-order valence-electron chi connectivity index (χ1n) is 5.44. The largest absolute Gasteiger partial charge is 0.480 e. The molecule has 0 aliphatic rings. The molecule has 0 rings (SSSR count). The predicted octanol–water partition coefficient (Wildman–Crippen LogP) is -0.329. The van der Waals surface area contributed by atoms with Gasteiger partial charge in [-0.2, -0.15) is 0 Å². The van der Waals surface area contributed by atoms with Crippen LogP contribution in [0, 0.1) is 5.41 Å². The predicted molar refractivity (Wildman–Crippen MR) is 66.2 cm³/mol. The van der Waals surface area contributed by atoms with Crippen molar-refractivity contribution in [2.45, 2.75) is 39.7 Å². The van der Waals surface area contributed by atoms with Gasteiger partial charge in [0, 0.05) is 6.42 Å². The fourth-order valence-corrected chi connectivity index (χ4v) is 3.22. The number of hydrogen-bond acceptors (Lipinski definition) is 4. The smallest absolute Gasteiger partial charge is 0.321 e. The highest BCUT2D eigenvalue weighted by molar-refractivity contribution is 7.89. The minimum Gasteiger partial charge on any atom is -0.480 e. The average molecular weight is 280 g/mol. The van der Waals surface area contributed by atoms with E-state index < -0.39 is 33.4 Å². The maximum atomic E-state index is 11.7. The maximum absolute atomic E-state index is 11.7. The molecule has 0 saturated heterocycles. The highest BCUT2D eigenvalue weighted by Crippen LogP contribution is 2.16. The Hall–Kier alpha value is -1.15. The van der Waals surface area contributed by atoms with Crippen molar-refractivity contribution < 1.29 is 23.1 Å². The van der Waals surface area contributed by atoms with Gasteiger partial charge in [0.15, 0.2) is 0 Å². The zero-order valence-corrected chi connectivity index (χ0v) is 11.6. The van der Waals surface area contributed by atoms with E-state index in [2.05, 4.69) is 4.72 Å². The molecule has 7 nitrogen and oxygen atoms in total. The summed E-state index contributed by atoms with van der Waals surface area (Å²) >= 11 is 0. The maximum Gasteiger partial charge on any atom is 0.321 e. The lowest BCUT2D eigenvalue weighted by molar-refractivity contribution is -0.139. The molecular weight excluding hydrogens is 260 g/mol. The quantitative estimate of drug-likeness (QED) is 0.588. The first-order chi connectivity index (χ1) is 7.93. The summed E-state index contributed by atoms with van der Waals surface area (Å²) in [5, 5.41) is 8.87. The zero-order valence-electron chi connectivity index (χ0n) is 10.8. The molecule has 0 aliphatic heterocycles. The van der Waals surface area contributed by atoms with Crippen LogP contribution < -0.4 is 10.5 Å². The fraction of sp³-hybridized carbons (Fsp3) is 0.800. The third kappa shape index (κ3) is 8.02. The van der Waals surface area contributed by atoms with E-state index >= 15 is 0 Å². The van der Waals surface area contributed by atoms with E-state index in [1.54, 1.807) is 20.8 Å². The number of sulfonamides is 1. The second-order valence-electron chi connectivity index (χ2n) is 5.33. The van der Waals surface area contributed by atoms with Crippen molar-refractivity contribution in [2.24, 2.45) is 11.1 Å². The van der Waals surface area contributed by atoms with Gasteiger partial charge in [-0.3, -0.25) is 9.59 Å². The lowest BCUT2D eigenvalue weighted by atomic mass is 10.0. The van der Waals surface area contributed by atoms with Crippen molar-refractivity contribution in [1.29, 1.82) is 0 Å². The molecule has 0 saturated carbocycles. The van der Waals surface area contributed by atoms with Crippen LogP contribution in [0.4, 0.5) is 0 Å². The van der Waals surface area contributed by atoms with E-state index in [-0.39, 0.29) is 18.6 Å². The van der Waals surface area contributed by atoms with E-state index in [9.17, 15) is 18.0 Å². The topological polar surface area (TPSA) is 127 Å². The number of amides is 1. The molecule has 0 fully saturated rings. The van der Waals surface area contributed by atoms with Crippen LogP contribution in [0.15, 0.2) is 0 Å². The van der Waals surface area contributed by atoms with Crippen LogP contribution in [0.1, 0.15) is 33.6 Å². The highest BCUT2D eigenvalue weighted by Gasteiger charge is 2.27. The average Bonchev–Trinajstić information content (AvgIpc) is 2.07. The van der Waals surface area contributed by atoms with Crippen molar-refractivity contribution in [2.75, 3.05) is 5.75 Å². The van der Waals surface area contributed by atoms with Crippen LogP contribution >= 0.6 is 0 Å².